The molecular weight excluding hydrogens is 341 g/mol. The Bertz CT molecular complexity index is 957. The van der Waals surface area contributed by atoms with E-state index in [0.717, 1.165) is 16.7 Å². The molecule has 3 nitrogen and oxygen atoms in total. The number of rotatable bonds is 5. The molecule has 0 aromatic heterocycles. The van der Waals surface area contributed by atoms with Gasteiger partial charge in [-0.1, -0.05) is 29.8 Å². The molecule has 134 valence electrons. The minimum Gasteiger partial charge on any atom is -0.423 e. The van der Waals surface area contributed by atoms with E-state index < -0.39 is 5.97 Å². The second kappa shape index (κ2) is 8.72. The number of benzene rings is 3. The molecule has 4 heteroatoms. The maximum atomic E-state index is 12.9. The predicted octanol–water partition coefficient (Wildman–Crippen LogP) is 5.50. The minimum atomic E-state index is -0.441. The van der Waals surface area contributed by atoms with Crippen LogP contribution in [0.3, 0.4) is 0 Å². The van der Waals surface area contributed by atoms with Crippen molar-refractivity contribution in [1.82, 2.24) is 0 Å². The fourth-order valence-electron chi connectivity index (χ4n) is 2.29. The standard InChI is InChI=1S/C23H18FNO2/c1-17-2-4-18(5-3-17)8-15-23(26)27-22-13-6-19(7-14-22)16-25-21-11-9-20(24)10-12-21/h2-16H,1H3/b15-8+,25-16?. The van der Waals surface area contributed by atoms with Crippen LogP contribution in [0.25, 0.3) is 6.08 Å². The lowest BCUT2D eigenvalue weighted by Crippen LogP contribution is -2.03. The lowest BCUT2D eigenvalue weighted by atomic mass is 10.1. The van der Waals surface area contributed by atoms with E-state index in [4.69, 9.17) is 4.74 Å². The predicted molar refractivity (Wildman–Crippen MR) is 106 cm³/mol. The quantitative estimate of drug-likeness (QED) is 0.261. The SMILES string of the molecule is Cc1ccc(/C=C/C(=O)Oc2ccc(C=Nc3ccc(F)cc3)cc2)cc1. The van der Waals surface area contributed by atoms with E-state index in [0.29, 0.717) is 11.4 Å². The molecule has 0 aliphatic rings. The third-order valence-electron chi connectivity index (χ3n) is 3.78. The van der Waals surface area contributed by atoms with E-state index in [1.54, 1.807) is 48.7 Å². The van der Waals surface area contributed by atoms with Crippen molar-refractivity contribution in [2.24, 2.45) is 4.99 Å². The Morgan fingerprint density at radius 1 is 0.889 bits per heavy atom. The molecule has 0 saturated heterocycles. The maximum absolute atomic E-state index is 12.9. The molecule has 0 amide bonds. The summed E-state index contributed by atoms with van der Waals surface area (Å²) in [5.41, 5.74) is 3.60. The highest BCUT2D eigenvalue weighted by Gasteiger charge is 2.00. The van der Waals surface area contributed by atoms with Crippen LogP contribution in [-0.2, 0) is 4.79 Å². The first kappa shape index (κ1) is 18.3. The van der Waals surface area contributed by atoms with Gasteiger partial charge in [0.25, 0.3) is 0 Å². The molecule has 0 saturated carbocycles. The monoisotopic (exact) mass is 359 g/mol. The van der Waals surface area contributed by atoms with Gasteiger partial charge in [-0.25, -0.2) is 9.18 Å². The molecule has 0 radical (unpaired) electrons. The Labute approximate surface area is 157 Å². The van der Waals surface area contributed by atoms with Crippen LogP contribution in [-0.4, -0.2) is 12.2 Å². The van der Waals surface area contributed by atoms with Crippen molar-refractivity contribution in [2.45, 2.75) is 6.92 Å². The van der Waals surface area contributed by atoms with Crippen LogP contribution in [0.15, 0.2) is 83.9 Å². The number of nitrogens with zero attached hydrogens (tertiary/aromatic N) is 1. The number of carbonyl (C=O) groups is 1. The number of hydrogen-bond donors (Lipinski definition) is 0. The third-order valence-corrected chi connectivity index (χ3v) is 3.78. The van der Waals surface area contributed by atoms with E-state index in [2.05, 4.69) is 4.99 Å². The summed E-state index contributed by atoms with van der Waals surface area (Å²) in [5.74, 6) is -0.285. The molecule has 0 atom stereocenters. The molecule has 3 aromatic rings. The minimum absolute atomic E-state index is 0.295. The van der Waals surface area contributed by atoms with Crippen LogP contribution < -0.4 is 4.74 Å². The van der Waals surface area contributed by atoms with Crippen molar-refractivity contribution in [1.29, 1.82) is 0 Å². The van der Waals surface area contributed by atoms with Gasteiger partial charge < -0.3 is 4.74 Å². The Morgan fingerprint density at radius 3 is 2.19 bits per heavy atom. The maximum Gasteiger partial charge on any atom is 0.336 e. The van der Waals surface area contributed by atoms with E-state index in [1.807, 2.05) is 31.2 Å². The highest BCUT2D eigenvalue weighted by atomic mass is 19.1. The molecular formula is C23H18FNO2. The van der Waals surface area contributed by atoms with Crippen molar-refractivity contribution in [3.63, 3.8) is 0 Å². The van der Waals surface area contributed by atoms with Gasteiger partial charge in [-0.2, -0.15) is 0 Å². The second-order valence-corrected chi connectivity index (χ2v) is 5.97. The van der Waals surface area contributed by atoms with Crippen LogP contribution in [0.2, 0.25) is 0 Å². The van der Waals surface area contributed by atoms with Gasteiger partial charge in [-0.15, -0.1) is 0 Å². The number of halogens is 1. The Morgan fingerprint density at radius 2 is 1.52 bits per heavy atom. The lowest BCUT2D eigenvalue weighted by molar-refractivity contribution is -0.128. The summed E-state index contributed by atoms with van der Waals surface area (Å²) >= 11 is 0. The summed E-state index contributed by atoms with van der Waals surface area (Å²) in [7, 11) is 0. The van der Waals surface area contributed by atoms with Crippen molar-refractivity contribution in [3.05, 3.63) is 101 Å². The molecule has 0 aliphatic carbocycles. The first-order valence-electron chi connectivity index (χ1n) is 8.45. The normalized spacial score (nSPS) is 11.2. The van der Waals surface area contributed by atoms with Crippen molar-refractivity contribution >= 4 is 23.9 Å². The van der Waals surface area contributed by atoms with Crippen LogP contribution in [0.4, 0.5) is 10.1 Å². The van der Waals surface area contributed by atoms with E-state index in [9.17, 15) is 9.18 Å². The van der Waals surface area contributed by atoms with Crippen molar-refractivity contribution in [2.75, 3.05) is 0 Å². The Balaban J connectivity index is 1.57. The fourth-order valence-corrected chi connectivity index (χ4v) is 2.29. The molecule has 3 rings (SSSR count). The third kappa shape index (κ3) is 5.75. The Hall–Kier alpha value is -3.53. The fraction of sp³-hybridized carbons (Fsp3) is 0.0435. The van der Waals surface area contributed by atoms with Crippen LogP contribution in [0.5, 0.6) is 5.75 Å². The second-order valence-electron chi connectivity index (χ2n) is 5.97. The smallest absolute Gasteiger partial charge is 0.336 e. The summed E-state index contributed by atoms with van der Waals surface area (Å²) in [5, 5.41) is 0. The van der Waals surface area contributed by atoms with E-state index in [-0.39, 0.29) is 5.82 Å². The molecule has 0 fully saturated rings. The van der Waals surface area contributed by atoms with E-state index in [1.165, 1.54) is 18.2 Å². The van der Waals surface area contributed by atoms with Crippen molar-refractivity contribution in [3.8, 4) is 5.75 Å². The molecule has 0 aliphatic heterocycles. The largest absolute Gasteiger partial charge is 0.423 e. The highest BCUT2D eigenvalue weighted by Crippen LogP contribution is 2.15. The average Bonchev–Trinajstić information content (AvgIpc) is 2.68. The average molecular weight is 359 g/mol. The summed E-state index contributed by atoms with van der Waals surface area (Å²) < 4.78 is 18.1. The highest BCUT2D eigenvalue weighted by molar-refractivity contribution is 5.89. The molecule has 0 unspecified atom stereocenters. The summed E-state index contributed by atoms with van der Waals surface area (Å²) in [6.07, 6.45) is 4.77. The molecule has 3 aromatic carbocycles. The van der Waals surface area contributed by atoms with Gasteiger partial charge in [0, 0.05) is 12.3 Å². The van der Waals surface area contributed by atoms with Gasteiger partial charge in [0.05, 0.1) is 5.69 Å². The van der Waals surface area contributed by atoms with Crippen LogP contribution >= 0.6 is 0 Å². The first-order valence-corrected chi connectivity index (χ1v) is 8.45. The van der Waals surface area contributed by atoms with Gasteiger partial charge in [-0.3, -0.25) is 4.99 Å². The summed E-state index contributed by atoms with van der Waals surface area (Å²) in [6, 6.07) is 20.7. The Kier molecular flexibility index (Phi) is 5.90. The zero-order valence-corrected chi connectivity index (χ0v) is 14.8. The van der Waals surface area contributed by atoms with Crippen molar-refractivity contribution < 1.29 is 13.9 Å². The molecule has 0 N–H and O–H groups in total. The molecule has 0 spiro atoms. The number of hydrogen-bond acceptors (Lipinski definition) is 3. The molecule has 0 heterocycles. The van der Waals surface area contributed by atoms with E-state index >= 15 is 0 Å². The first-order chi connectivity index (χ1) is 13.1. The summed E-state index contributed by atoms with van der Waals surface area (Å²) in [4.78, 5) is 16.2. The van der Waals surface area contributed by atoms with Gasteiger partial charge in [0.15, 0.2) is 0 Å². The van der Waals surface area contributed by atoms with Crippen LogP contribution in [0, 0.1) is 12.7 Å². The lowest BCUT2D eigenvalue weighted by Gasteiger charge is -2.02. The zero-order chi connectivity index (χ0) is 19.1. The topological polar surface area (TPSA) is 38.7 Å². The number of carbonyl (C=O) groups excluding carboxylic acids is 1. The zero-order valence-electron chi connectivity index (χ0n) is 14.8. The van der Waals surface area contributed by atoms with Crippen LogP contribution in [0.1, 0.15) is 16.7 Å². The van der Waals surface area contributed by atoms with Gasteiger partial charge in [-0.05, 0) is 72.7 Å². The molecule has 27 heavy (non-hydrogen) atoms. The van der Waals surface area contributed by atoms with Gasteiger partial charge in [0.1, 0.15) is 11.6 Å². The van der Waals surface area contributed by atoms with Gasteiger partial charge in [0.2, 0.25) is 0 Å². The van der Waals surface area contributed by atoms with Gasteiger partial charge >= 0.3 is 5.97 Å². The summed E-state index contributed by atoms with van der Waals surface area (Å²) in [6.45, 7) is 2.01. The number of aliphatic imine (C=N–C) groups is 1. The molecule has 0 bridgehead atoms. The number of esters is 1. The number of aryl methyl sites for hydroxylation is 1. The number of ether oxygens (including phenoxy) is 1.